The van der Waals surface area contributed by atoms with E-state index in [1.165, 1.54) is 81.5 Å². The molecule has 1 amide bonds. The lowest BCUT2D eigenvalue weighted by molar-refractivity contribution is -0.118. The number of carbonyl (C=O) groups excluding carboxylic acids is 1. The second kappa shape index (κ2) is 16.3. The molecular formula is C16H32INO. The van der Waals surface area contributed by atoms with E-state index in [9.17, 15) is 4.79 Å². The minimum absolute atomic E-state index is 0.154. The van der Waals surface area contributed by atoms with Crippen LogP contribution in [0, 0.1) is 0 Å². The van der Waals surface area contributed by atoms with Crippen LogP contribution in [0.2, 0.25) is 0 Å². The van der Waals surface area contributed by atoms with Gasteiger partial charge in [-0.2, -0.15) is 0 Å². The quantitative estimate of drug-likeness (QED) is 0.231. The molecule has 3 heteroatoms. The van der Waals surface area contributed by atoms with Crippen molar-refractivity contribution < 1.29 is 4.79 Å². The molecule has 0 aromatic heterocycles. The molecule has 0 radical (unpaired) electrons. The Morgan fingerprint density at radius 1 is 0.632 bits per heavy atom. The smallest absolute Gasteiger partial charge is 0.217 e. The zero-order chi connectivity index (χ0) is 14.2. The van der Waals surface area contributed by atoms with E-state index in [0.29, 0.717) is 6.42 Å². The standard InChI is InChI=1S/C16H32INO/c17-15-13-11-9-7-5-3-1-2-4-6-8-10-12-14-16(18)19/h1-15H2,(H2,18,19). The molecule has 0 rings (SSSR count). The van der Waals surface area contributed by atoms with Crippen molar-refractivity contribution in [1.29, 1.82) is 0 Å². The Hall–Kier alpha value is 0.200. The SMILES string of the molecule is NC(=O)CCCCCCCCCCCCCCCI. The first kappa shape index (κ1) is 19.2. The summed E-state index contributed by atoms with van der Waals surface area (Å²) in [6, 6.07) is 0. The fourth-order valence-electron chi connectivity index (χ4n) is 2.34. The summed E-state index contributed by atoms with van der Waals surface area (Å²) < 4.78 is 1.32. The van der Waals surface area contributed by atoms with Gasteiger partial charge in [-0.05, 0) is 17.3 Å². The Kier molecular flexibility index (Phi) is 16.4. The average molecular weight is 381 g/mol. The summed E-state index contributed by atoms with van der Waals surface area (Å²) in [7, 11) is 0. The van der Waals surface area contributed by atoms with E-state index in [2.05, 4.69) is 22.6 Å². The van der Waals surface area contributed by atoms with Crippen molar-refractivity contribution in [3.63, 3.8) is 0 Å². The fraction of sp³-hybridized carbons (Fsp3) is 0.938. The minimum atomic E-state index is -0.154. The van der Waals surface area contributed by atoms with Crippen molar-refractivity contribution in [2.24, 2.45) is 5.73 Å². The number of carbonyl (C=O) groups is 1. The first-order chi connectivity index (χ1) is 9.27. The third-order valence-electron chi connectivity index (χ3n) is 3.56. The van der Waals surface area contributed by atoms with E-state index in [1.807, 2.05) is 0 Å². The molecule has 0 unspecified atom stereocenters. The molecule has 0 aromatic carbocycles. The van der Waals surface area contributed by atoms with Crippen LogP contribution in [0.4, 0.5) is 0 Å². The van der Waals surface area contributed by atoms with Crippen LogP contribution in [0.3, 0.4) is 0 Å². The van der Waals surface area contributed by atoms with Gasteiger partial charge in [-0.15, -0.1) is 0 Å². The lowest BCUT2D eigenvalue weighted by atomic mass is 10.0. The van der Waals surface area contributed by atoms with Crippen molar-refractivity contribution >= 4 is 28.5 Å². The minimum Gasteiger partial charge on any atom is -0.370 e. The molecule has 0 aromatic rings. The molecule has 0 bridgehead atoms. The zero-order valence-electron chi connectivity index (χ0n) is 12.5. The highest BCUT2D eigenvalue weighted by Crippen LogP contribution is 2.13. The second-order valence-electron chi connectivity index (χ2n) is 5.50. The number of unbranched alkanes of at least 4 members (excludes halogenated alkanes) is 12. The molecule has 0 atom stereocenters. The van der Waals surface area contributed by atoms with Crippen LogP contribution in [-0.4, -0.2) is 10.3 Å². The van der Waals surface area contributed by atoms with Crippen LogP contribution < -0.4 is 5.73 Å². The topological polar surface area (TPSA) is 43.1 Å². The molecular weight excluding hydrogens is 349 g/mol. The number of primary amides is 1. The number of amides is 1. The molecule has 19 heavy (non-hydrogen) atoms. The number of hydrogen-bond acceptors (Lipinski definition) is 1. The van der Waals surface area contributed by atoms with Gasteiger partial charge < -0.3 is 5.73 Å². The molecule has 0 saturated carbocycles. The van der Waals surface area contributed by atoms with Gasteiger partial charge in [0.25, 0.3) is 0 Å². The van der Waals surface area contributed by atoms with E-state index in [4.69, 9.17) is 5.73 Å². The van der Waals surface area contributed by atoms with Gasteiger partial charge in [0.05, 0.1) is 0 Å². The lowest BCUT2D eigenvalue weighted by Gasteiger charge is -2.02. The van der Waals surface area contributed by atoms with E-state index < -0.39 is 0 Å². The summed E-state index contributed by atoms with van der Waals surface area (Å²) in [5.41, 5.74) is 5.10. The lowest BCUT2D eigenvalue weighted by Crippen LogP contribution is -2.09. The van der Waals surface area contributed by atoms with Crippen molar-refractivity contribution in [2.75, 3.05) is 4.43 Å². The first-order valence-corrected chi connectivity index (χ1v) is 9.64. The van der Waals surface area contributed by atoms with Crippen LogP contribution in [0.5, 0.6) is 0 Å². The van der Waals surface area contributed by atoms with Crippen LogP contribution in [0.25, 0.3) is 0 Å². The van der Waals surface area contributed by atoms with Gasteiger partial charge in [0.2, 0.25) is 5.91 Å². The normalized spacial score (nSPS) is 10.8. The van der Waals surface area contributed by atoms with E-state index in [1.54, 1.807) is 0 Å². The predicted octanol–water partition coefficient (Wildman–Crippen LogP) is 5.37. The summed E-state index contributed by atoms with van der Waals surface area (Å²) in [5.74, 6) is -0.154. The summed E-state index contributed by atoms with van der Waals surface area (Å²) >= 11 is 2.46. The maximum Gasteiger partial charge on any atom is 0.217 e. The van der Waals surface area contributed by atoms with Crippen molar-refractivity contribution in [3.05, 3.63) is 0 Å². The number of rotatable bonds is 15. The Bertz CT molecular complexity index is 197. The Morgan fingerprint density at radius 3 is 1.26 bits per heavy atom. The van der Waals surface area contributed by atoms with Crippen molar-refractivity contribution in [1.82, 2.24) is 0 Å². The van der Waals surface area contributed by atoms with E-state index in [-0.39, 0.29) is 5.91 Å². The molecule has 0 aliphatic heterocycles. The number of nitrogens with two attached hydrogens (primary N) is 1. The average Bonchev–Trinajstić information content (AvgIpc) is 2.39. The Labute approximate surface area is 133 Å². The zero-order valence-corrected chi connectivity index (χ0v) is 14.6. The van der Waals surface area contributed by atoms with Crippen LogP contribution in [0.1, 0.15) is 89.9 Å². The first-order valence-electron chi connectivity index (χ1n) is 8.11. The number of alkyl halides is 1. The van der Waals surface area contributed by atoms with Crippen LogP contribution in [0.15, 0.2) is 0 Å². The van der Waals surface area contributed by atoms with E-state index in [0.717, 1.165) is 6.42 Å². The molecule has 0 heterocycles. The molecule has 0 aliphatic carbocycles. The maximum absolute atomic E-state index is 10.5. The maximum atomic E-state index is 10.5. The molecule has 114 valence electrons. The summed E-state index contributed by atoms with van der Waals surface area (Å²) in [6.07, 6.45) is 18.0. The van der Waals surface area contributed by atoms with Gasteiger partial charge in [-0.25, -0.2) is 0 Å². The molecule has 0 fully saturated rings. The van der Waals surface area contributed by atoms with Gasteiger partial charge in [0, 0.05) is 6.42 Å². The third-order valence-corrected chi connectivity index (χ3v) is 4.32. The second-order valence-corrected chi connectivity index (χ2v) is 6.58. The van der Waals surface area contributed by atoms with Gasteiger partial charge >= 0.3 is 0 Å². The van der Waals surface area contributed by atoms with Gasteiger partial charge in [0.15, 0.2) is 0 Å². The van der Waals surface area contributed by atoms with Gasteiger partial charge in [0.1, 0.15) is 0 Å². The largest absolute Gasteiger partial charge is 0.370 e. The fourth-order valence-corrected chi connectivity index (χ4v) is 2.88. The number of halogens is 1. The van der Waals surface area contributed by atoms with Crippen molar-refractivity contribution in [3.8, 4) is 0 Å². The highest BCUT2D eigenvalue weighted by molar-refractivity contribution is 14.1. The Morgan fingerprint density at radius 2 is 0.947 bits per heavy atom. The third kappa shape index (κ3) is 18.2. The molecule has 0 saturated heterocycles. The summed E-state index contributed by atoms with van der Waals surface area (Å²) in [5, 5.41) is 0. The number of hydrogen-bond donors (Lipinski definition) is 1. The molecule has 2 nitrogen and oxygen atoms in total. The summed E-state index contributed by atoms with van der Waals surface area (Å²) in [6.45, 7) is 0. The van der Waals surface area contributed by atoms with Crippen LogP contribution >= 0.6 is 22.6 Å². The molecule has 0 aliphatic rings. The van der Waals surface area contributed by atoms with Crippen LogP contribution in [-0.2, 0) is 4.79 Å². The Balaban J connectivity index is 2.93. The van der Waals surface area contributed by atoms with Gasteiger partial charge in [-0.1, -0.05) is 93.2 Å². The van der Waals surface area contributed by atoms with Crippen molar-refractivity contribution in [2.45, 2.75) is 89.9 Å². The predicted molar refractivity (Wildman–Crippen MR) is 92.7 cm³/mol. The van der Waals surface area contributed by atoms with E-state index >= 15 is 0 Å². The molecule has 2 N–H and O–H groups in total. The summed E-state index contributed by atoms with van der Waals surface area (Å²) in [4.78, 5) is 10.5. The highest BCUT2D eigenvalue weighted by Gasteiger charge is 1.95. The van der Waals surface area contributed by atoms with Gasteiger partial charge in [-0.3, -0.25) is 4.79 Å². The molecule has 0 spiro atoms. The highest BCUT2D eigenvalue weighted by atomic mass is 127. The monoisotopic (exact) mass is 381 g/mol.